The third-order valence-corrected chi connectivity index (χ3v) is 5.42. The van der Waals surface area contributed by atoms with Crippen molar-refractivity contribution in [2.24, 2.45) is 0 Å². The highest BCUT2D eigenvalue weighted by Gasteiger charge is 2.18. The second-order valence-corrected chi connectivity index (χ2v) is 8.25. The summed E-state index contributed by atoms with van der Waals surface area (Å²) in [6, 6.07) is 11.0. The van der Waals surface area contributed by atoms with Gasteiger partial charge >= 0.3 is 0 Å². The number of hydrogen-bond donors (Lipinski definition) is 1. The zero-order chi connectivity index (χ0) is 23.6. The van der Waals surface area contributed by atoms with E-state index in [2.05, 4.69) is 11.4 Å². The molecule has 2 aromatic carbocycles. The Morgan fingerprint density at radius 2 is 1.64 bits per heavy atom. The number of nitrogens with zero attached hydrogens (tertiary/aromatic N) is 1. The van der Waals surface area contributed by atoms with Crippen LogP contribution in [0.4, 0.5) is 0 Å². The van der Waals surface area contributed by atoms with Gasteiger partial charge in [0, 0.05) is 18.7 Å². The van der Waals surface area contributed by atoms with E-state index in [1.807, 2.05) is 37.8 Å². The molecule has 1 N–H and O–H groups in total. The Hall–Kier alpha value is -3.22. The molecule has 0 atom stereocenters. The molecule has 0 radical (unpaired) electrons. The Labute approximate surface area is 196 Å². The number of benzene rings is 2. The lowest BCUT2D eigenvalue weighted by Crippen LogP contribution is -2.38. The number of carbonyl (C=O) groups excluding carboxylic acids is 2. The third kappa shape index (κ3) is 7.41. The first kappa shape index (κ1) is 24.4. The molecular weight excluding hydrogens is 420 g/mol. The largest absolute Gasteiger partial charge is 0.492 e. The van der Waals surface area contributed by atoms with Gasteiger partial charge in [-0.3, -0.25) is 9.59 Å². The summed E-state index contributed by atoms with van der Waals surface area (Å²) in [7, 11) is 0. The van der Waals surface area contributed by atoms with Gasteiger partial charge in [0.05, 0.1) is 13.2 Å². The monoisotopic (exact) mass is 454 g/mol. The predicted molar refractivity (Wildman–Crippen MR) is 127 cm³/mol. The molecule has 1 aliphatic rings. The van der Waals surface area contributed by atoms with Gasteiger partial charge in [0.1, 0.15) is 12.4 Å². The van der Waals surface area contributed by atoms with E-state index in [4.69, 9.17) is 14.2 Å². The summed E-state index contributed by atoms with van der Waals surface area (Å²) in [6.07, 6.45) is 3.24. The number of likely N-dealkylation sites (tertiary alicyclic amines) is 1. The topological polar surface area (TPSA) is 77.1 Å². The zero-order valence-corrected chi connectivity index (χ0v) is 19.8. The summed E-state index contributed by atoms with van der Waals surface area (Å²) >= 11 is 0. The van der Waals surface area contributed by atoms with E-state index in [-0.39, 0.29) is 18.4 Å². The van der Waals surface area contributed by atoms with Crippen LogP contribution in [0, 0.1) is 13.8 Å². The van der Waals surface area contributed by atoms with Gasteiger partial charge in [-0.05, 0) is 81.5 Å². The van der Waals surface area contributed by atoms with Crippen molar-refractivity contribution >= 4 is 11.8 Å². The quantitative estimate of drug-likeness (QED) is 0.551. The van der Waals surface area contributed by atoms with Crippen molar-refractivity contribution in [1.82, 2.24) is 10.2 Å². The molecule has 3 rings (SSSR count). The Kier molecular flexibility index (Phi) is 8.98. The minimum atomic E-state index is -0.226. The van der Waals surface area contributed by atoms with Gasteiger partial charge in [-0.15, -0.1) is 0 Å². The van der Waals surface area contributed by atoms with Crippen LogP contribution in [0.15, 0.2) is 36.4 Å². The fourth-order valence-corrected chi connectivity index (χ4v) is 3.86. The lowest BCUT2D eigenvalue weighted by atomic mass is 10.1. The molecule has 0 aromatic heterocycles. The molecule has 1 fully saturated rings. The number of carbonyl (C=O) groups is 2. The van der Waals surface area contributed by atoms with E-state index in [9.17, 15) is 9.59 Å². The minimum Gasteiger partial charge on any atom is -0.492 e. The molecule has 7 nitrogen and oxygen atoms in total. The summed E-state index contributed by atoms with van der Waals surface area (Å²) in [4.78, 5) is 26.8. The Bertz CT molecular complexity index is 933. The van der Waals surface area contributed by atoms with Gasteiger partial charge in [0.15, 0.2) is 18.1 Å². The number of ether oxygens (including phenoxy) is 3. The van der Waals surface area contributed by atoms with Crippen LogP contribution in [0.1, 0.15) is 47.7 Å². The van der Waals surface area contributed by atoms with Gasteiger partial charge in [0.2, 0.25) is 0 Å². The molecule has 0 aliphatic carbocycles. The Balaban J connectivity index is 1.52. The maximum absolute atomic E-state index is 12.6. The minimum absolute atomic E-state index is 0.0252. The molecule has 33 heavy (non-hydrogen) atoms. The Morgan fingerprint density at radius 3 is 2.33 bits per heavy atom. The van der Waals surface area contributed by atoms with E-state index in [0.717, 1.165) is 42.8 Å². The fraction of sp³-hybridized carbons (Fsp3) is 0.462. The highest BCUT2D eigenvalue weighted by molar-refractivity contribution is 5.94. The van der Waals surface area contributed by atoms with Crippen LogP contribution >= 0.6 is 0 Å². The van der Waals surface area contributed by atoms with Crippen LogP contribution in [0.25, 0.3) is 0 Å². The van der Waals surface area contributed by atoms with Crippen molar-refractivity contribution in [2.45, 2.75) is 40.0 Å². The van der Waals surface area contributed by atoms with Crippen LogP contribution in [-0.2, 0) is 4.79 Å². The van der Waals surface area contributed by atoms with Gasteiger partial charge in [-0.25, -0.2) is 0 Å². The van der Waals surface area contributed by atoms with E-state index >= 15 is 0 Å². The van der Waals surface area contributed by atoms with E-state index in [0.29, 0.717) is 36.8 Å². The lowest BCUT2D eigenvalue weighted by Gasteiger charge is -2.26. The molecule has 1 saturated heterocycles. The number of rotatable bonds is 10. The highest BCUT2D eigenvalue weighted by atomic mass is 16.5. The van der Waals surface area contributed by atoms with Crippen LogP contribution in [0.2, 0.25) is 0 Å². The standard InChI is InChI=1S/C26H34N2O5/c1-4-31-24-17-21(8-9-23(24)33-18-25(29)28-11-6-5-7-12-28)26(30)27-10-13-32-22-15-19(2)14-20(3)16-22/h8-9,14-17H,4-7,10-13,18H2,1-3H3,(H,27,30). The van der Waals surface area contributed by atoms with Gasteiger partial charge in [0.25, 0.3) is 11.8 Å². The molecule has 0 unspecified atom stereocenters. The second kappa shape index (κ2) is 12.1. The Morgan fingerprint density at radius 1 is 0.909 bits per heavy atom. The van der Waals surface area contributed by atoms with E-state index in [1.165, 1.54) is 6.42 Å². The van der Waals surface area contributed by atoms with Crippen LogP contribution in [0.3, 0.4) is 0 Å². The van der Waals surface area contributed by atoms with Crippen molar-refractivity contribution in [3.8, 4) is 17.2 Å². The normalized spacial score (nSPS) is 13.4. The smallest absolute Gasteiger partial charge is 0.260 e. The number of amides is 2. The molecule has 1 aliphatic heterocycles. The summed E-state index contributed by atoms with van der Waals surface area (Å²) in [5.41, 5.74) is 2.73. The van der Waals surface area contributed by atoms with Crippen LogP contribution in [-0.4, -0.2) is 56.2 Å². The average molecular weight is 455 g/mol. The molecule has 0 saturated carbocycles. The SMILES string of the molecule is CCOc1cc(C(=O)NCCOc2cc(C)cc(C)c2)ccc1OCC(=O)N1CCCCC1. The first-order chi connectivity index (χ1) is 16.0. The fourth-order valence-electron chi connectivity index (χ4n) is 3.86. The zero-order valence-electron chi connectivity index (χ0n) is 19.8. The molecule has 0 spiro atoms. The first-order valence-electron chi connectivity index (χ1n) is 11.6. The molecule has 0 bridgehead atoms. The van der Waals surface area contributed by atoms with Crippen molar-refractivity contribution in [1.29, 1.82) is 0 Å². The maximum atomic E-state index is 12.6. The molecule has 7 heteroatoms. The average Bonchev–Trinajstić information content (AvgIpc) is 2.81. The molecule has 2 amide bonds. The van der Waals surface area contributed by atoms with Crippen molar-refractivity contribution in [3.63, 3.8) is 0 Å². The van der Waals surface area contributed by atoms with Gasteiger partial charge in [-0.2, -0.15) is 0 Å². The third-order valence-electron chi connectivity index (χ3n) is 5.42. The summed E-state index contributed by atoms with van der Waals surface area (Å²) in [5.74, 6) is 1.44. The maximum Gasteiger partial charge on any atom is 0.260 e. The number of nitrogens with one attached hydrogen (secondary N) is 1. The summed E-state index contributed by atoms with van der Waals surface area (Å²) < 4.78 is 17.1. The number of hydrogen-bond acceptors (Lipinski definition) is 5. The predicted octanol–water partition coefficient (Wildman–Crippen LogP) is 3.90. The van der Waals surface area contributed by atoms with Crippen molar-refractivity contribution in [3.05, 3.63) is 53.1 Å². The van der Waals surface area contributed by atoms with Crippen LogP contribution < -0.4 is 19.5 Å². The molecule has 2 aromatic rings. The number of piperidine rings is 1. The van der Waals surface area contributed by atoms with Gasteiger partial charge < -0.3 is 24.4 Å². The van der Waals surface area contributed by atoms with Gasteiger partial charge in [-0.1, -0.05) is 6.07 Å². The highest BCUT2D eigenvalue weighted by Crippen LogP contribution is 2.28. The second-order valence-electron chi connectivity index (χ2n) is 8.25. The number of aryl methyl sites for hydroxylation is 2. The lowest BCUT2D eigenvalue weighted by molar-refractivity contribution is -0.134. The molecule has 178 valence electrons. The molecular formula is C26H34N2O5. The van der Waals surface area contributed by atoms with E-state index in [1.54, 1.807) is 18.2 Å². The molecule has 1 heterocycles. The van der Waals surface area contributed by atoms with Crippen molar-refractivity contribution < 1.29 is 23.8 Å². The van der Waals surface area contributed by atoms with Crippen molar-refractivity contribution in [2.75, 3.05) is 39.5 Å². The van der Waals surface area contributed by atoms with E-state index < -0.39 is 0 Å². The first-order valence-corrected chi connectivity index (χ1v) is 11.6. The summed E-state index contributed by atoms with van der Waals surface area (Å²) in [6.45, 7) is 8.60. The summed E-state index contributed by atoms with van der Waals surface area (Å²) in [5, 5.41) is 2.86. The van der Waals surface area contributed by atoms with Crippen LogP contribution in [0.5, 0.6) is 17.2 Å².